The van der Waals surface area contributed by atoms with Crippen molar-refractivity contribution in [3.8, 4) is 5.75 Å². The van der Waals surface area contributed by atoms with Crippen LogP contribution in [-0.2, 0) is 14.8 Å². The summed E-state index contributed by atoms with van der Waals surface area (Å²) in [5.74, 6) is 0.336. The van der Waals surface area contributed by atoms with Crippen molar-refractivity contribution in [3.63, 3.8) is 0 Å². The van der Waals surface area contributed by atoms with Crippen molar-refractivity contribution in [2.75, 3.05) is 38.4 Å². The van der Waals surface area contributed by atoms with E-state index in [4.69, 9.17) is 20.3 Å². The van der Waals surface area contributed by atoms with Crippen molar-refractivity contribution in [1.82, 2.24) is 4.72 Å². The zero-order valence-corrected chi connectivity index (χ0v) is 12.1. The zero-order chi connectivity index (χ0) is 15.0. The highest BCUT2D eigenvalue weighted by Gasteiger charge is 2.17. The van der Waals surface area contributed by atoms with Gasteiger partial charge in [0.1, 0.15) is 12.4 Å². The smallest absolute Gasteiger partial charge is 0.215 e. The normalized spacial score (nSPS) is 13.1. The van der Waals surface area contributed by atoms with Crippen LogP contribution < -0.4 is 15.2 Å². The molecule has 8 heteroatoms. The largest absolute Gasteiger partial charge is 0.492 e. The number of ether oxygens (including phenoxy) is 2. The van der Waals surface area contributed by atoms with Gasteiger partial charge >= 0.3 is 0 Å². The maximum atomic E-state index is 11.7. The summed E-state index contributed by atoms with van der Waals surface area (Å²) >= 11 is 0. The van der Waals surface area contributed by atoms with E-state index >= 15 is 0 Å². The minimum atomic E-state index is -3.53. The molecule has 0 radical (unpaired) electrons. The number of hydrogen-bond acceptors (Lipinski definition) is 6. The molecule has 4 N–H and O–H groups in total. The molecule has 0 amide bonds. The molecule has 0 aliphatic carbocycles. The van der Waals surface area contributed by atoms with E-state index in [9.17, 15) is 8.42 Å². The lowest BCUT2D eigenvalue weighted by molar-refractivity contribution is 0.139. The monoisotopic (exact) mass is 304 g/mol. The zero-order valence-electron chi connectivity index (χ0n) is 11.3. The minimum absolute atomic E-state index is 0.00435. The van der Waals surface area contributed by atoms with Gasteiger partial charge in [-0.2, -0.15) is 0 Å². The van der Waals surface area contributed by atoms with Gasteiger partial charge in [-0.05, 0) is 24.3 Å². The molecule has 0 fully saturated rings. The molecule has 0 saturated carbocycles. The Balaban J connectivity index is 2.41. The predicted molar refractivity (Wildman–Crippen MR) is 76.0 cm³/mol. The van der Waals surface area contributed by atoms with Gasteiger partial charge < -0.3 is 20.3 Å². The fraction of sp³-hybridized carbons (Fsp3) is 0.500. The number of nitrogens with one attached hydrogen (secondary N) is 1. The number of methoxy groups -OCH3 is 1. The van der Waals surface area contributed by atoms with Crippen LogP contribution in [0.15, 0.2) is 24.3 Å². The Labute approximate surface area is 118 Å². The van der Waals surface area contributed by atoms with Crippen LogP contribution in [-0.4, -0.2) is 52.2 Å². The molecule has 20 heavy (non-hydrogen) atoms. The number of hydrogen-bond donors (Lipinski definition) is 3. The van der Waals surface area contributed by atoms with Crippen LogP contribution in [0.2, 0.25) is 0 Å². The second kappa shape index (κ2) is 8.05. The first kappa shape index (κ1) is 16.7. The van der Waals surface area contributed by atoms with Crippen LogP contribution in [0.25, 0.3) is 0 Å². The Morgan fingerprint density at radius 2 is 2.00 bits per heavy atom. The third-order valence-corrected chi connectivity index (χ3v) is 3.83. The van der Waals surface area contributed by atoms with Gasteiger partial charge in [0.25, 0.3) is 0 Å². The van der Waals surface area contributed by atoms with Crippen molar-refractivity contribution in [2.24, 2.45) is 0 Å². The summed E-state index contributed by atoms with van der Waals surface area (Å²) in [4.78, 5) is 0. The standard InChI is InChI=1S/C12H20N2O5S/c1-18-9-11(8-15)14-20(16,17)7-6-19-12-4-2-10(13)3-5-12/h2-5,11,14-15H,6-9,13H2,1H3. The Bertz CT molecular complexity index is 489. The number of aliphatic hydroxyl groups excluding tert-OH is 1. The Hall–Kier alpha value is -1.35. The van der Waals surface area contributed by atoms with E-state index in [2.05, 4.69) is 4.72 Å². The van der Waals surface area contributed by atoms with Crippen LogP contribution in [0.4, 0.5) is 5.69 Å². The van der Waals surface area contributed by atoms with Crippen molar-refractivity contribution in [2.45, 2.75) is 6.04 Å². The number of benzene rings is 1. The molecule has 114 valence electrons. The van der Waals surface area contributed by atoms with Gasteiger partial charge in [0, 0.05) is 12.8 Å². The van der Waals surface area contributed by atoms with E-state index in [-0.39, 0.29) is 25.6 Å². The first-order valence-corrected chi connectivity index (χ1v) is 7.70. The van der Waals surface area contributed by atoms with Crippen molar-refractivity contribution in [3.05, 3.63) is 24.3 Å². The molecule has 0 saturated heterocycles. The fourth-order valence-corrected chi connectivity index (χ4v) is 2.54. The van der Waals surface area contributed by atoms with Crippen LogP contribution in [0, 0.1) is 0 Å². The lowest BCUT2D eigenvalue weighted by atomic mass is 10.3. The maximum absolute atomic E-state index is 11.7. The van der Waals surface area contributed by atoms with Crippen LogP contribution in [0.3, 0.4) is 0 Å². The highest BCUT2D eigenvalue weighted by Crippen LogP contribution is 2.12. The summed E-state index contributed by atoms with van der Waals surface area (Å²) in [7, 11) is -2.10. The van der Waals surface area contributed by atoms with Gasteiger partial charge in [-0.3, -0.25) is 0 Å². The van der Waals surface area contributed by atoms with E-state index in [0.29, 0.717) is 11.4 Å². The second-order valence-corrected chi connectivity index (χ2v) is 6.06. The molecule has 1 rings (SSSR count). The van der Waals surface area contributed by atoms with Crippen LogP contribution in [0.1, 0.15) is 0 Å². The predicted octanol–water partition coefficient (Wildman–Crippen LogP) is -0.426. The first-order valence-electron chi connectivity index (χ1n) is 6.05. The molecule has 0 aromatic heterocycles. The lowest BCUT2D eigenvalue weighted by Gasteiger charge is -2.15. The number of anilines is 1. The molecule has 0 heterocycles. The van der Waals surface area contributed by atoms with E-state index in [0.717, 1.165) is 0 Å². The average molecular weight is 304 g/mol. The highest BCUT2D eigenvalue weighted by molar-refractivity contribution is 7.89. The quantitative estimate of drug-likeness (QED) is 0.534. The Morgan fingerprint density at radius 3 is 2.55 bits per heavy atom. The number of sulfonamides is 1. The van der Waals surface area contributed by atoms with Crippen molar-refractivity contribution < 1.29 is 23.0 Å². The molecular formula is C12H20N2O5S. The molecule has 1 unspecified atom stereocenters. The summed E-state index contributed by atoms with van der Waals surface area (Å²) in [6.45, 7) is -0.217. The SMILES string of the molecule is COCC(CO)NS(=O)(=O)CCOc1ccc(N)cc1. The molecule has 0 aliphatic rings. The van der Waals surface area contributed by atoms with Gasteiger partial charge in [-0.15, -0.1) is 0 Å². The lowest BCUT2D eigenvalue weighted by Crippen LogP contribution is -2.42. The summed E-state index contributed by atoms with van der Waals surface area (Å²) in [5, 5.41) is 9.00. The van der Waals surface area contributed by atoms with Crippen molar-refractivity contribution >= 4 is 15.7 Å². The fourth-order valence-electron chi connectivity index (χ4n) is 1.47. The van der Waals surface area contributed by atoms with Gasteiger partial charge in [0.05, 0.1) is 25.0 Å². The second-order valence-electron chi connectivity index (χ2n) is 4.19. The number of rotatable bonds is 9. The molecule has 7 nitrogen and oxygen atoms in total. The van der Waals surface area contributed by atoms with Crippen LogP contribution in [0.5, 0.6) is 5.75 Å². The Morgan fingerprint density at radius 1 is 1.35 bits per heavy atom. The average Bonchev–Trinajstić information content (AvgIpc) is 2.40. The summed E-state index contributed by atoms with van der Waals surface area (Å²) in [6.07, 6.45) is 0. The van der Waals surface area contributed by atoms with Gasteiger partial charge in [-0.1, -0.05) is 0 Å². The number of nitrogens with two attached hydrogens (primary N) is 1. The van der Waals surface area contributed by atoms with Gasteiger partial charge in [-0.25, -0.2) is 13.1 Å². The number of aliphatic hydroxyl groups is 1. The van der Waals surface area contributed by atoms with Gasteiger partial charge in [0.15, 0.2) is 0 Å². The molecular weight excluding hydrogens is 284 g/mol. The Kier molecular flexibility index (Phi) is 6.73. The third-order valence-electron chi connectivity index (χ3n) is 2.44. The highest BCUT2D eigenvalue weighted by atomic mass is 32.2. The third kappa shape index (κ3) is 6.20. The first-order chi connectivity index (χ1) is 9.46. The molecule has 1 aromatic carbocycles. The molecule has 0 bridgehead atoms. The molecule has 0 aliphatic heterocycles. The molecule has 0 spiro atoms. The minimum Gasteiger partial charge on any atom is -0.492 e. The van der Waals surface area contributed by atoms with Crippen LogP contribution >= 0.6 is 0 Å². The van der Waals surface area contributed by atoms with E-state index < -0.39 is 16.1 Å². The maximum Gasteiger partial charge on any atom is 0.215 e. The summed E-state index contributed by atoms with van der Waals surface area (Å²) < 4.78 is 35.9. The van der Waals surface area contributed by atoms with Crippen molar-refractivity contribution in [1.29, 1.82) is 0 Å². The topological polar surface area (TPSA) is 111 Å². The van der Waals surface area contributed by atoms with E-state index in [1.165, 1.54) is 7.11 Å². The van der Waals surface area contributed by atoms with E-state index in [1.54, 1.807) is 24.3 Å². The molecule has 1 aromatic rings. The number of nitrogen functional groups attached to an aromatic ring is 1. The van der Waals surface area contributed by atoms with Gasteiger partial charge in [0.2, 0.25) is 10.0 Å². The summed E-state index contributed by atoms with van der Waals surface area (Å²) in [5.41, 5.74) is 6.13. The molecule has 1 atom stereocenters. The van der Waals surface area contributed by atoms with E-state index in [1.807, 2.05) is 0 Å². The summed E-state index contributed by atoms with van der Waals surface area (Å²) in [6, 6.07) is 6.01.